The molecule has 1 unspecified atom stereocenters. The average Bonchev–Trinajstić information content (AvgIpc) is 3.06. The summed E-state index contributed by atoms with van der Waals surface area (Å²) in [6, 6.07) is 21.7. The minimum absolute atomic E-state index is 0.0411. The topological polar surface area (TPSA) is 105 Å². The molecule has 47 heavy (non-hydrogen) atoms. The highest BCUT2D eigenvalue weighted by Crippen LogP contribution is 2.31. The van der Waals surface area contributed by atoms with Crippen LogP contribution < -0.4 is 15.0 Å². The highest BCUT2D eigenvalue weighted by molar-refractivity contribution is 5.96. The molecule has 1 atom stereocenters. The van der Waals surface area contributed by atoms with Crippen LogP contribution in [0, 0.1) is 0 Å². The lowest BCUT2D eigenvalue weighted by Gasteiger charge is -2.19. The molecular weight excluding hydrogens is 588 g/mol. The van der Waals surface area contributed by atoms with E-state index in [0.29, 0.717) is 11.4 Å². The number of aliphatic carboxylic acids is 1. The van der Waals surface area contributed by atoms with E-state index in [4.69, 9.17) is 9.72 Å². The molecule has 0 fully saturated rings. The Morgan fingerprint density at radius 1 is 0.872 bits per heavy atom. The van der Waals surface area contributed by atoms with Crippen LogP contribution >= 0.6 is 0 Å². The highest BCUT2D eigenvalue weighted by Gasteiger charge is 2.22. The maximum Gasteiger partial charge on any atom is 0.326 e. The standard InChI is InChI=1S/C39H48N4O4/c1-7-8-9-10-11-24-47-32-22-18-28(19-23-32)33-26-40-35(42-36(33)43(5)6)29-14-12-27(13-15-29)25-34(38(45)46)41-37(44)30-16-20-31(21-17-30)39(2,3)4/h12-23,26,34H,7-11,24-25H2,1-6H3,(H,41,44)(H,45,46). The van der Waals surface area contributed by atoms with Gasteiger partial charge in [0.15, 0.2) is 5.82 Å². The number of aromatic nitrogens is 2. The first kappa shape index (κ1) is 35.1. The number of carboxylic acid groups (broad SMARTS) is 1. The van der Waals surface area contributed by atoms with E-state index < -0.39 is 17.9 Å². The van der Waals surface area contributed by atoms with E-state index in [9.17, 15) is 14.7 Å². The molecule has 0 saturated heterocycles. The highest BCUT2D eigenvalue weighted by atomic mass is 16.5. The Balaban J connectivity index is 1.42. The third kappa shape index (κ3) is 9.88. The van der Waals surface area contributed by atoms with Gasteiger partial charge in [0.2, 0.25) is 0 Å². The first-order valence-corrected chi connectivity index (χ1v) is 16.5. The van der Waals surface area contributed by atoms with E-state index in [1.165, 1.54) is 25.7 Å². The van der Waals surface area contributed by atoms with Gasteiger partial charge in [-0.15, -0.1) is 0 Å². The predicted molar refractivity (Wildman–Crippen MR) is 189 cm³/mol. The lowest BCUT2D eigenvalue weighted by molar-refractivity contribution is -0.139. The maximum absolute atomic E-state index is 12.9. The van der Waals surface area contributed by atoms with Crippen LogP contribution in [-0.2, 0) is 16.6 Å². The molecule has 1 amide bonds. The summed E-state index contributed by atoms with van der Waals surface area (Å²) in [5.41, 5.74) is 4.98. The normalized spacial score (nSPS) is 12.0. The molecule has 4 rings (SSSR count). The fraction of sp³-hybridized carbons (Fsp3) is 0.385. The predicted octanol–water partition coefficient (Wildman–Crippen LogP) is 7.95. The van der Waals surface area contributed by atoms with Crippen LogP contribution in [0.4, 0.5) is 5.82 Å². The van der Waals surface area contributed by atoms with Crippen LogP contribution in [0.15, 0.2) is 79.0 Å². The molecule has 0 aliphatic rings. The second kappa shape index (κ2) is 16.2. The summed E-state index contributed by atoms with van der Waals surface area (Å²) in [6.07, 6.45) is 8.00. The average molecular weight is 637 g/mol. The molecular formula is C39H48N4O4. The Labute approximate surface area is 279 Å². The van der Waals surface area contributed by atoms with Crippen LogP contribution in [0.1, 0.15) is 81.3 Å². The van der Waals surface area contributed by atoms with Crippen molar-refractivity contribution < 1.29 is 19.4 Å². The molecule has 0 aliphatic heterocycles. The van der Waals surface area contributed by atoms with Crippen molar-refractivity contribution in [2.75, 3.05) is 25.6 Å². The Hall–Kier alpha value is -4.72. The number of anilines is 1. The van der Waals surface area contributed by atoms with Crippen molar-refractivity contribution in [3.05, 3.63) is 95.7 Å². The van der Waals surface area contributed by atoms with E-state index in [1.807, 2.05) is 85.9 Å². The number of nitrogens with one attached hydrogen (secondary N) is 1. The molecule has 8 nitrogen and oxygen atoms in total. The summed E-state index contributed by atoms with van der Waals surface area (Å²) in [5, 5.41) is 12.5. The summed E-state index contributed by atoms with van der Waals surface area (Å²) < 4.78 is 5.94. The molecule has 1 heterocycles. The number of unbranched alkanes of at least 4 members (excludes halogenated alkanes) is 4. The lowest BCUT2D eigenvalue weighted by Crippen LogP contribution is -2.42. The zero-order valence-electron chi connectivity index (χ0n) is 28.5. The number of carboxylic acids is 1. The van der Waals surface area contributed by atoms with Crippen LogP contribution in [0.2, 0.25) is 0 Å². The van der Waals surface area contributed by atoms with Crippen LogP contribution in [-0.4, -0.2) is 53.7 Å². The number of hydrogen-bond acceptors (Lipinski definition) is 6. The van der Waals surface area contributed by atoms with Crippen molar-refractivity contribution in [3.8, 4) is 28.3 Å². The van der Waals surface area contributed by atoms with Gasteiger partial charge < -0.3 is 20.1 Å². The third-order valence-electron chi connectivity index (χ3n) is 8.14. The number of benzene rings is 3. The second-order valence-electron chi connectivity index (χ2n) is 13.2. The van der Waals surface area contributed by atoms with Crippen LogP contribution in [0.5, 0.6) is 5.75 Å². The van der Waals surface area contributed by atoms with Crippen molar-refractivity contribution in [1.29, 1.82) is 0 Å². The van der Waals surface area contributed by atoms with E-state index in [-0.39, 0.29) is 11.8 Å². The van der Waals surface area contributed by atoms with Gasteiger partial charge >= 0.3 is 5.97 Å². The molecule has 0 spiro atoms. The van der Waals surface area contributed by atoms with E-state index in [2.05, 4.69) is 38.0 Å². The van der Waals surface area contributed by atoms with Gasteiger partial charge in [-0.25, -0.2) is 14.8 Å². The first-order valence-electron chi connectivity index (χ1n) is 16.5. The Morgan fingerprint density at radius 3 is 2.11 bits per heavy atom. The van der Waals surface area contributed by atoms with Crippen LogP contribution in [0.25, 0.3) is 22.5 Å². The monoisotopic (exact) mass is 636 g/mol. The summed E-state index contributed by atoms with van der Waals surface area (Å²) in [6.45, 7) is 9.24. The molecule has 4 aromatic rings. The fourth-order valence-corrected chi connectivity index (χ4v) is 5.27. The molecule has 0 bridgehead atoms. The molecule has 0 radical (unpaired) electrons. The molecule has 1 aromatic heterocycles. The van der Waals surface area contributed by atoms with E-state index in [0.717, 1.165) is 52.4 Å². The van der Waals surface area contributed by atoms with Crippen molar-refractivity contribution in [3.63, 3.8) is 0 Å². The zero-order valence-corrected chi connectivity index (χ0v) is 28.5. The number of carbonyl (C=O) groups is 2. The molecule has 0 aliphatic carbocycles. The van der Waals surface area contributed by atoms with Crippen LogP contribution in [0.3, 0.4) is 0 Å². The first-order chi connectivity index (χ1) is 22.5. The minimum Gasteiger partial charge on any atom is -0.494 e. The van der Waals surface area contributed by atoms with Gasteiger partial charge in [0.1, 0.15) is 17.6 Å². The molecule has 248 valence electrons. The maximum atomic E-state index is 12.9. The largest absolute Gasteiger partial charge is 0.494 e. The van der Waals surface area contributed by atoms with Gasteiger partial charge in [-0.1, -0.05) is 102 Å². The Kier molecular flexibility index (Phi) is 12.1. The van der Waals surface area contributed by atoms with Crippen molar-refractivity contribution in [1.82, 2.24) is 15.3 Å². The van der Waals surface area contributed by atoms with Gasteiger partial charge in [-0.05, 0) is 52.8 Å². The summed E-state index contributed by atoms with van der Waals surface area (Å²) >= 11 is 0. The SMILES string of the molecule is CCCCCCCOc1ccc(-c2cnc(-c3ccc(CC(NC(=O)c4ccc(C(C)(C)C)cc4)C(=O)O)cc3)nc2N(C)C)cc1. The molecule has 2 N–H and O–H groups in total. The Bertz CT molecular complexity index is 1610. The number of rotatable bonds is 15. The second-order valence-corrected chi connectivity index (χ2v) is 13.2. The number of amides is 1. The van der Waals surface area contributed by atoms with Gasteiger partial charge in [0, 0.05) is 43.4 Å². The minimum atomic E-state index is -1.09. The quantitative estimate of drug-likeness (QED) is 0.128. The number of hydrogen-bond donors (Lipinski definition) is 2. The zero-order chi connectivity index (χ0) is 34.0. The number of ether oxygens (including phenoxy) is 1. The Morgan fingerprint density at radius 2 is 1.51 bits per heavy atom. The number of carbonyl (C=O) groups excluding carboxylic acids is 1. The van der Waals surface area contributed by atoms with Gasteiger partial charge in [0.05, 0.1) is 6.61 Å². The lowest BCUT2D eigenvalue weighted by atomic mass is 9.86. The molecule has 8 heteroatoms. The van der Waals surface area contributed by atoms with Crippen molar-refractivity contribution in [2.45, 2.75) is 77.7 Å². The molecule has 3 aromatic carbocycles. The van der Waals surface area contributed by atoms with Gasteiger partial charge in [-0.2, -0.15) is 0 Å². The molecule has 0 saturated carbocycles. The summed E-state index contributed by atoms with van der Waals surface area (Å²) in [7, 11) is 3.90. The van der Waals surface area contributed by atoms with Gasteiger partial charge in [0.25, 0.3) is 5.91 Å². The number of nitrogens with zero attached hydrogens (tertiary/aromatic N) is 3. The van der Waals surface area contributed by atoms with E-state index >= 15 is 0 Å². The fourth-order valence-electron chi connectivity index (χ4n) is 5.27. The summed E-state index contributed by atoms with van der Waals surface area (Å²) in [5.74, 6) is 0.693. The van der Waals surface area contributed by atoms with Gasteiger partial charge in [-0.3, -0.25) is 4.79 Å². The van der Waals surface area contributed by atoms with E-state index in [1.54, 1.807) is 12.1 Å². The summed E-state index contributed by atoms with van der Waals surface area (Å²) in [4.78, 5) is 36.4. The third-order valence-corrected chi connectivity index (χ3v) is 8.14. The smallest absolute Gasteiger partial charge is 0.326 e. The van der Waals surface area contributed by atoms with Crippen molar-refractivity contribution in [2.24, 2.45) is 0 Å². The van der Waals surface area contributed by atoms with Crippen molar-refractivity contribution >= 4 is 17.7 Å².